The second-order valence-electron chi connectivity index (χ2n) is 5.12. The van der Waals surface area contributed by atoms with Crippen LogP contribution in [0.15, 0.2) is 18.2 Å². The summed E-state index contributed by atoms with van der Waals surface area (Å²) in [6.07, 6.45) is 0. The maximum absolute atomic E-state index is 13.9. The predicted octanol–water partition coefficient (Wildman–Crippen LogP) is 2.25. The molecule has 1 atom stereocenters. The van der Waals surface area contributed by atoms with Crippen molar-refractivity contribution < 1.29 is 14.3 Å². The van der Waals surface area contributed by atoms with Crippen molar-refractivity contribution in [3.05, 3.63) is 35.1 Å². The van der Waals surface area contributed by atoms with Crippen molar-refractivity contribution in [2.24, 2.45) is 5.73 Å². The first-order valence-electron chi connectivity index (χ1n) is 5.50. The Hall–Kier alpha value is -1.42. The molecule has 3 N–H and O–H groups in total. The molecular weight excluding hydrogens is 221 g/mol. The van der Waals surface area contributed by atoms with Gasteiger partial charge in [0, 0.05) is 6.54 Å². The molecule has 0 amide bonds. The molecule has 0 fully saturated rings. The number of carboxylic acids is 1. The van der Waals surface area contributed by atoms with Crippen molar-refractivity contribution in [3.8, 4) is 0 Å². The van der Waals surface area contributed by atoms with Gasteiger partial charge in [0.1, 0.15) is 5.82 Å². The molecule has 17 heavy (non-hydrogen) atoms. The highest BCUT2D eigenvalue weighted by Gasteiger charge is 2.22. The first-order chi connectivity index (χ1) is 7.77. The molecule has 1 aromatic carbocycles. The van der Waals surface area contributed by atoms with Crippen LogP contribution in [-0.4, -0.2) is 17.6 Å². The van der Waals surface area contributed by atoms with Gasteiger partial charge in [0.05, 0.1) is 5.92 Å². The van der Waals surface area contributed by atoms with Gasteiger partial charge in [-0.3, -0.25) is 4.79 Å². The van der Waals surface area contributed by atoms with Crippen LogP contribution >= 0.6 is 0 Å². The molecule has 3 nitrogen and oxygen atoms in total. The molecule has 0 saturated heterocycles. The summed E-state index contributed by atoms with van der Waals surface area (Å²) < 4.78 is 13.9. The van der Waals surface area contributed by atoms with E-state index in [0.717, 1.165) is 0 Å². The Bertz CT molecular complexity index is 424. The predicted molar refractivity (Wildman–Crippen MR) is 64.5 cm³/mol. The normalized spacial score (nSPS) is 13.5. The lowest BCUT2D eigenvalue weighted by atomic mass is 9.85. The molecule has 0 aromatic heterocycles. The number of hydrogen-bond donors (Lipinski definition) is 2. The molecule has 4 heteroatoms. The Kier molecular flexibility index (Phi) is 3.88. The van der Waals surface area contributed by atoms with Gasteiger partial charge in [0.25, 0.3) is 0 Å². The lowest BCUT2D eigenvalue weighted by Crippen LogP contribution is -2.22. The van der Waals surface area contributed by atoms with Crippen LogP contribution in [0.4, 0.5) is 4.39 Å². The van der Waals surface area contributed by atoms with Gasteiger partial charge in [-0.1, -0.05) is 32.9 Å². The van der Waals surface area contributed by atoms with Crippen LogP contribution in [0.3, 0.4) is 0 Å². The number of benzene rings is 1. The molecule has 0 aliphatic rings. The van der Waals surface area contributed by atoms with Gasteiger partial charge < -0.3 is 10.8 Å². The zero-order chi connectivity index (χ0) is 13.2. The van der Waals surface area contributed by atoms with E-state index in [1.807, 2.05) is 20.8 Å². The smallest absolute Gasteiger partial charge is 0.312 e. The molecule has 0 aliphatic heterocycles. The summed E-state index contributed by atoms with van der Waals surface area (Å²) in [5.74, 6) is -2.26. The summed E-state index contributed by atoms with van der Waals surface area (Å²) in [5.41, 5.74) is 6.05. The fourth-order valence-electron chi connectivity index (χ4n) is 1.74. The molecule has 0 bridgehead atoms. The minimum atomic E-state index is -1.03. The van der Waals surface area contributed by atoms with Gasteiger partial charge in [-0.25, -0.2) is 4.39 Å². The Morgan fingerprint density at radius 3 is 2.41 bits per heavy atom. The number of halogens is 1. The van der Waals surface area contributed by atoms with Crippen LogP contribution in [0.2, 0.25) is 0 Å². The average Bonchev–Trinajstić information content (AvgIpc) is 2.15. The van der Waals surface area contributed by atoms with E-state index >= 15 is 0 Å². The van der Waals surface area contributed by atoms with E-state index < -0.39 is 11.9 Å². The van der Waals surface area contributed by atoms with Crippen LogP contribution in [0.25, 0.3) is 0 Å². The van der Waals surface area contributed by atoms with Gasteiger partial charge in [0.15, 0.2) is 0 Å². The standard InChI is InChI=1S/C13H18FNO2/c1-13(2,3)10-5-4-8(6-11(10)14)9(7-15)12(16)17/h4-6,9H,7,15H2,1-3H3,(H,16,17). The van der Waals surface area contributed by atoms with Crippen molar-refractivity contribution in [1.29, 1.82) is 0 Å². The first-order valence-corrected chi connectivity index (χ1v) is 5.50. The summed E-state index contributed by atoms with van der Waals surface area (Å²) in [6, 6.07) is 4.54. The maximum Gasteiger partial charge on any atom is 0.312 e. The van der Waals surface area contributed by atoms with Crippen molar-refractivity contribution in [3.63, 3.8) is 0 Å². The molecule has 0 aliphatic carbocycles. The monoisotopic (exact) mass is 239 g/mol. The molecule has 1 unspecified atom stereocenters. The Labute approximate surface area is 100 Å². The minimum Gasteiger partial charge on any atom is -0.481 e. The zero-order valence-corrected chi connectivity index (χ0v) is 10.3. The van der Waals surface area contributed by atoms with Gasteiger partial charge in [-0.15, -0.1) is 0 Å². The molecule has 0 radical (unpaired) electrons. The van der Waals surface area contributed by atoms with Gasteiger partial charge >= 0.3 is 5.97 Å². The first kappa shape index (κ1) is 13.6. The number of nitrogens with two attached hydrogens (primary N) is 1. The summed E-state index contributed by atoms with van der Waals surface area (Å²) in [6.45, 7) is 5.68. The molecular formula is C13H18FNO2. The number of carboxylic acid groups (broad SMARTS) is 1. The third-order valence-corrected chi connectivity index (χ3v) is 2.74. The number of aliphatic carboxylic acids is 1. The number of hydrogen-bond acceptors (Lipinski definition) is 2. The van der Waals surface area contributed by atoms with Crippen molar-refractivity contribution >= 4 is 5.97 Å². The average molecular weight is 239 g/mol. The van der Waals surface area contributed by atoms with Crippen LogP contribution < -0.4 is 5.73 Å². The SMILES string of the molecule is CC(C)(C)c1ccc(C(CN)C(=O)O)cc1F. The number of carbonyl (C=O) groups is 1. The second kappa shape index (κ2) is 4.84. The molecule has 0 spiro atoms. The van der Waals surface area contributed by atoms with E-state index in [4.69, 9.17) is 10.8 Å². The lowest BCUT2D eigenvalue weighted by molar-refractivity contribution is -0.138. The number of rotatable bonds is 3. The van der Waals surface area contributed by atoms with Gasteiger partial charge in [-0.2, -0.15) is 0 Å². The van der Waals surface area contributed by atoms with Crippen LogP contribution in [0.1, 0.15) is 37.8 Å². The Morgan fingerprint density at radius 1 is 1.47 bits per heavy atom. The summed E-state index contributed by atoms with van der Waals surface area (Å²) in [7, 11) is 0. The highest BCUT2D eigenvalue weighted by Crippen LogP contribution is 2.27. The summed E-state index contributed by atoms with van der Waals surface area (Å²) in [5, 5.41) is 8.94. The summed E-state index contributed by atoms with van der Waals surface area (Å²) in [4.78, 5) is 10.9. The fraction of sp³-hybridized carbons (Fsp3) is 0.462. The quantitative estimate of drug-likeness (QED) is 0.850. The topological polar surface area (TPSA) is 63.3 Å². The van der Waals surface area contributed by atoms with E-state index in [1.54, 1.807) is 12.1 Å². The van der Waals surface area contributed by atoms with Crippen molar-refractivity contribution in [1.82, 2.24) is 0 Å². The largest absolute Gasteiger partial charge is 0.481 e. The van der Waals surface area contributed by atoms with Crippen LogP contribution in [0, 0.1) is 5.82 Å². The van der Waals surface area contributed by atoms with E-state index in [1.165, 1.54) is 6.07 Å². The van der Waals surface area contributed by atoms with Crippen LogP contribution in [0.5, 0.6) is 0 Å². The third kappa shape index (κ3) is 3.03. The van der Waals surface area contributed by atoms with E-state index in [2.05, 4.69) is 0 Å². The Balaban J connectivity index is 3.16. The molecule has 1 rings (SSSR count). The van der Waals surface area contributed by atoms with Crippen molar-refractivity contribution in [2.45, 2.75) is 32.1 Å². The van der Waals surface area contributed by atoms with E-state index in [-0.39, 0.29) is 17.8 Å². The van der Waals surface area contributed by atoms with E-state index in [0.29, 0.717) is 11.1 Å². The minimum absolute atomic E-state index is 0.0381. The Morgan fingerprint density at radius 2 is 2.06 bits per heavy atom. The third-order valence-electron chi connectivity index (χ3n) is 2.74. The second-order valence-corrected chi connectivity index (χ2v) is 5.12. The van der Waals surface area contributed by atoms with Gasteiger partial charge in [-0.05, 0) is 22.6 Å². The van der Waals surface area contributed by atoms with Gasteiger partial charge in [0.2, 0.25) is 0 Å². The maximum atomic E-state index is 13.9. The highest BCUT2D eigenvalue weighted by molar-refractivity contribution is 5.76. The summed E-state index contributed by atoms with van der Waals surface area (Å²) >= 11 is 0. The highest BCUT2D eigenvalue weighted by atomic mass is 19.1. The van der Waals surface area contributed by atoms with E-state index in [9.17, 15) is 9.18 Å². The molecule has 1 aromatic rings. The van der Waals surface area contributed by atoms with Crippen LogP contribution in [-0.2, 0) is 10.2 Å². The van der Waals surface area contributed by atoms with Crippen molar-refractivity contribution in [2.75, 3.05) is 6.54 Å². The zero-order valence-electron chi connectivity index (χ0n) is 10.3. The molecule has 94 valence electrons. The lowest BCUT2D eigenvalue weighted by Gasteiger charge is -2.21. The molecule has 0 saturated carbocycles. The molecule has 0 heterocycles. The fourth-order valence-corrected chi connectivity index (χ4v) is 1.74.